The van der Waals surface area contributed by atoms with Gasteiger partial charge in [0.1, 0.15) is 5.82 Å². The number of benzene rings is 2. The quantitative estimate of drug-likeness (QED) is 0.748. The maximum atomic E-state index is 13.9. The normalized spacial score (nSPS) is 12.4. The molecule has 0 aromatic heterocycles. The van der Waals surface area contributed by atoms with E-state index < -0.39 is 0 Å². The van der Waals surface area contributed by atoms with E-state index in [-0.39, 0.29) is 11.9 Å². The highest BCUT2D eigenvalue weighted by Gasteiger charge is 2.14. The molecule has 0 saturated heterocycles. The second-order valence-corrected chi connectivity index (χ2v) is 5.87. The standard InChI is InChI=1S/C17H18Cl2FN/c1-2-9-21-17(12-3-5-14(18)6-4-12)11-13-10-15(19)7-8-16(13)20/h3-8,10,17,21H,2,9,11H2,1H3. The van der Waals surface area contributed by atoms with E-state index in [1.54, 1.807) is 12.1 Å². The molecule has 0 aliphatic carbocycles. The first-order valence-corrected chi connectivity index (χ1v) is 7.78. The van der Waals surface area contributed by atoms with Gasteiger partial charge in [0.15, 0.2) is 0 Å². The van der Waals surface area contributed by atoms with Gasteiger partial charge in [-0.2, -0.15) is 0 Å². The molecule has 4 heteroatoms. The molecule has 2 rings (SSSR count). The molecule has 0 heterocycles. The lowest BCUT2D eigenvalue weighted by molar-refractivity contribution is 0.513. The van der Waals surface area contributed by atoms with Crippen LogP contribution in [0, 0.1) is 5.82 Å². The van der Waals surface area contributed by atoms with Crippen molar-refractivity contribution >= 4 is 23.2 Å². The van der Waals surface area contributed by atoms with Crippen LogP contribution in [-0.2, 0) is 6.42 Å². The van der Waals surface area contributed by atoms with Gasteiger partial charge in [-0.05, 0) is 60.8 Å². The van der Waals surface area contributed by atoms with E-state index >= 15 is 0 Å². The first-order valence-electron chi connectivity index (χ1n) is 7.03. The van der Waals surface area contributed by atoms with Crippen molar-refractivity contribution < 1.29 is 4.39 Å². The Bertz CT molecular complexity index is 584. The van der Waals surface area contributed by atoms with E-state index in [0.29, 0.717) is 22.0 Å². The smallest absolute Gasteiger partial charge is 0.126 e. The van der Waals surface area contributed by atoms with Crippen molar-refractivity contribution in [2.24, 2.45) is 0 Å². The zero-order chi connectivity index (χ0) is 15.2. The molecule has 0 radical (unpaired) electrons. The fraction of sp³-hybridized carbons (Fsp3) is 0.294. The zero-order valence-corrected chi connectivity index (χ0v) is 13.4. The van der Waals surface area contributed by atoms with Gasteiger partial charge in [0, 0.05) is 16.1 Å². The lowest BCUT2D eigenvalue weighted by Crippen LogP contribution is -2.24. The van der Waals surface area contributed by atoms with E-state index in [0.717, 1.165) is 18.5 Å². The molecular formula is C17H18Cl2FN. The molecule has 0 amide bonds. The molecule has 0 bridgehead atoms. The van der Waals surface area contributed by atoms with Crippen LogP contribution in [0.3, 0.4) is 0 Å². The first kappa shape index (κ1) is 16.3. The van der Waals surface area contributed by atoms with Crippen LogP contribution in [0.25, 0.3) is 0 Å². The molecule has 0 aliphatic rings. The van der Waals surface area contributed by atoms with Crippen LogP contribution in [0.1, 0.15) is 30.5 Å². The predicted octanol–water partition coefficient (Wildman–Crippen LogP) is 5.42. The summed E-state index contributed by atoms with van der Waals surface area (Å²) in [5, 5.41) is 4.70. The van der Waals surface area contributed by atoms with Crippen LogP contribution in [0.5, 0.6) is 0 Å². The SMILES string of the molecule is CCCNC(Cc1cc(Cl)ccc1F)c1ccc(Cl)cc1. The lowest BCUT2D eigenvalue weighted by Gasteiger charge is -2.20. The van der Waals surface area contributed by atoms with Crippen molar-refractivity contribution in [2.45, 2.75) is 25.8 Å². The second-order valence-electron chi connectivity index (χ2n) is 5.00. The van der Waals surface area contributed by atoms with Crippen molar-refractivity contribution in [2.75, 3.05) is 6.54 Å². The summed E-state index contributed by atoms with van der Waals surface area (Å²) in [6.07, 6.45) is 1.57. The summed E-state index contributed by atoms with van der Waals surface area (Å²) in [5.74, 6) is -0.225. The largest absolute Gasteiger partial charge is 0.310 e. The Kier molecular flexibility index (Phi) is 6.04. The zero-order valence-electron chi connectivity index (χ0n) is 11.9. The Morgan fingerprint density at radius 2 is 1.71 bits per heavy atom. The van der Waals surface area contributed by atoms with Crippen LogP contribution in [0.4, 0.5) is 4.39 Å². The highest BCUT2D eigenvalue weighted by molar-refractivity contribution is 6.30. The van der Waals surface area contributed by atoms with Gasteiger partial charge in [0.05, 0.1) is 0 Å². The minimum Gasteiger partial charge on any atom is -0.310 e. The van der Waals surface area contributed by atoms with E-state index in [1.807, 2.05) is 24.3 Å². The molecule has 1 N–H and O–H groups in total. The van der Waals surface area contributed by atoms with Gasteiger partial charge < -0.3 is 5.32 Å². The molecule has 1 unspecified atom stereocenters. The van der Waals surface area contributed by atoms with Gasteiger partial charge >= 0.3 is 0 Å². The molecule has 1 nitrogen and oxygen atoms in total. The van der Waals surface area contributed by atoms with Gasteiger partial charge in [-0.25, -0.2) is 4.39 Å². The van der Waals surface area contributed by atoms with Gasteiger partial charge in [0.2, 0.25) is 0 Å². The number of rotatable bonds is 6. The second kappa shape index (κ2) is 7.79. The van der Waals surface area contributed by atoms with Crippen molar-refractivity contribution in [3.8, 4) is 0 Å². The van der Waals surface area contributed by atoms with Crippen LogP contribution in [0.15, 0.2) is 42.5 Å². The van der Waals surface area contributed by atoms with E-state index in [4.69, 9.17) is 23.2 Å². The first-order chi connectivity index (χ1) is 10.1. The Morgan fingerprint density at radius 3 is 2.38 bits per heavy atom. The van der Waals surface area contributed by atoms with Crippen molar-refractivity contribution in [1.29, 1.82) is 0 Å². The summed E-state index contributed by atoms with van der Waals surface area (Å²) in [6, 6.07) is 12.4. The average molecular weight is 326 g/mol. The maximum absolute atomic E-state index is 13.9. The number of hydrogen-bond acceptors (Lipinski definition) is 1. The average Bonchev–Trinajstić information content (AvgIpc) is 2.48. The fourth-order valence-electron chi connectivity index (χ4n) is 2.24. The van der Waals surface area contributed by atoms with Crippen LogP contribution < -0.4 is 5.32 Å². The Balaban J connectivity index is 2.23. The lowest BCUT2D eigenvalue weighted by atomic mass is 9.98. The highest BCUT2D eigenvalue weighted by atomic mass is 35.5. The molecule has 112 valence electrons. The third-order valence-electron chi connectivity index (χ3n) is 3.34. The van der Waals surface area contributed by atoms with Gasteiger partial charge in [-0.1, -0.05) is 42.3 Å². The maximum Gasteiger partial charge on any atom is 0.126 e. The summed E-state index contributed by atoms with van der Waals surface area (Å²) < 4.78 is 13.9. The third kappa shape index (κ3) is 4.70. The van der Waals surface area contributed by atoms with Gasteiger partial charge in [-0.3, -0.25) is 0 Å². The molecule has 1 atom stereocenters. The molecule has 2 aromatic carbocycles. The summed E-state index contributed by atoms with van der Waals surface area (Å²) in [4.78, 5) is 0. The van der Waals surface area contributed by atoms with E-state index in [9.17, 15) is 4.39 Å². The topological polar surface area (TPSA) is 12.0 Å². The third-order valence-corrected chi connectivity index (χ3v) is 3.83. The number of hydrogen-bond donors (Lipinski definition) is 1. The molecule has 2 aromatic rings. The van der Waals surface area contributed by atoms with E-state index in [2.05, 4.69) is 12.2 Å². The van der Waals surface area contributed by atoms with E-state index in [1.165, 1.54) is 6.07 Å². The predicted molar refractivity (Wildman–Crippen MR) is 87.6 cm³/mol. The fourth-order valence-corrected chi connectivity index (χ4v) is 2.56. The monoisotopic (exact) mass is 325 g/mol. The van der Waals surface area contributed by atoms with Crippen LogP contribution >= 0.6 is 23.2 Å². The minimum absolute atomic E-state index is 0.0372. The Morgan fingerprint density at radius 1 is 1.05 bits per heavy atom. The van der Waals surface area contributed by atoms with Gasteiger partial charge in [-0.15, -0.1) is 0 Å². The number of halogens is 3. The van der Waals surface area contributed by atoms with Gasteiger partial charge in [0.25, 0.3) is 0 Å². The number of nitrogens with one attached hydrogen (secondary N) is 1. The van der Waals surface area contributed by atoms with Crippen LogP contribution in [0.2, 0.25) is 10.0 Å². The van der Waals surface area contributed by atoms with Crippen molar-refractivity contribution in [3.63, 3.8) is 0 Å². The molecular weight excluding hydrogens is 308 g/mol. The summed E-state index contributed by atoms with van der Waals surface area (Å²) >= 11 is 11.9. The highest BCUT2D eigenvalue weighted by Crippen LogP contribution is 2.24. The Labute approximate surface area is 135 Å². The van der Waals surface area contributed by atoms with Crippen LogP contribution in [-0.4, -0.2) is 6.54 Å². The summed E-state index contributed by atoms with van der Waals surface area (Å²) in [5.41, 5.74) is 1.71. The Hall–Kier alpha value is -1.09. The molecule has 21 heavy (non-hydrogen) atoms. The molecule has 0 saturated carbocycles. The van der Waals surface area contributed by atoms with Crippen molar-refractivity contribution in [1.82, 2.24) is 5.32 Å². The molecule has 0 spiro atoms. The minimum atomic E-state index is -0.225. The van der Waals surface area contributed by atoms with Crippen molar-refractivity contribution in [3.05, 3.63) is 69.5 Å². The summed E-state index contributed by atoms with van der Waals surface area (Å²) in [7, 11) is 0. The molecule has 0 fully saturated rings. The molecule has 0 aliphatic heterocycles. The summed E-state index contributed by atoms with van der Waals surface area (Å²) in [6.45, 7) is 2.97.